The second-order valence-corrected chi connectivity index (χ2v) is 6.68. The summed E-state index contributed by atoms with van der Waals surface area (Å²) in [7, 11) is 0. The van der Waals surface area contributed by atoms with E-state index in [1.807, 2.05) is 62.4 Å². The van der Waals surface area contributed by atoms with Crippen molar-refractivity contribution in [3.05, 3.63) is 71.3 Å². The standard InChI is InChI=1S/C22H26N4O3/c1-15-9-11-19(16(2)13-15)23-14-21(28)25-26-22(29)17(3)24-20(27)12-10-18-7-5-4-6-8-18/h4-13,17,23H,14H2,1-3H3,(H,24,27)(H,25,28)(H,26,29)/b12-10+. The quantitative estimate of drug-likeness (QED) is 0.427. The lowest BCUT2D eigenvalue weighted by Crippen LogP contribution is -2.51. The molecule has 0 spiro atoms. The van der Waals surface area contributed by atoms with Gasteiger partial charge in [-0.3, -0.25) is 25.2 Å². The number of rotatable bonds is 7. The van der Waals surface area contributed by atoms with Gasteiger partial charge in [-0.15, -0.1) is 0 Å². The third-order valence-corrected chi connectivity index (χ3v) is 4.13. The Balaban J connectivity index is 1.72. The SMILES string of the molecule is Cc1ccc(NCC(=O)NNC(=O)C(C)NC(=O)/C=C/c2ccccc2)c(C)c1. The first-order valence-electron chi connectivity index (χ1n) is 9.28. The Morgan fingerprint density at radius 3 is 2.41 bits per heavy atom. The lowest BCUT2D eigenvalue weighted by Gasteiger charge is -2.14. The second kappa shape index (κ2) is 10.7. The molecule has 4 N–H and O–H groups in total. The zero-order valence-electron chi connectivity index (χ0n) is 16.8. The molecule has 0 saturated heterocycles. The molecule has 3 amide bonds. The normalized spacial score (nSPS) is 11.6. The number of hydrogen-bond donors (Lipinski definition) is 4. The van der Waals surface area contributed by atoms with Crippen LogP contribution in [0.5, 0.6) is 0 Å². The Morgan fingerprint density at radius 1 is 1.00 bits per heavy atom. The van der Waals surface area contributed by atoms with E-state index in [2.05, 4.69) is 21.5 Å². The number of carbonyl (C=O) groups excluding carboxylic acids is 3. The molecular weight excluding hydrogens is 368 g/mol. The Labute approximate surface area is 170 Å². The molecule has 0 saturated carbocycles. The van der Waals surface area contributed by atoms with Gasteiger partial charge in [-0.2, -0.15) is 0 Å². The average molecular weight is 394 g/mol. The van der Waals surface area contributed by atoms with Crippen LogP contribution in [0.25, 0.3) is 6.08 Å². The highest BCUT2D eigenvalue weighted by molar-refractivity contribution is 5.95. The van der Waals surface area contributed by atoms with Crippen molar-refractivity contribution in [3.63, 3.8) is 0 Å². The van der Waals surface area contributed by atoms with Crippen molar-refractivity contribution in [2.45, 2.75) is 26.8 Å². The Morgan fingerprint density at radius 2 is 1.72 bits per heavy atom. The highest BCUT2D eigenvalue weighted by Gasteiger charge is 2.15. The minimum atomic E-state index is -0.810. The van der Waals surface area contributed by atoms with Crippen molar-refractivity contribution in [3.8, 4) is 0 Å². The summed E-state index contributed by atoms with van der Waals surface area (Å²) in [5.41, 5.74) is 8.53. The van der Waals surface area contributed by atoms with Gasteiger partial charge in [0.2, 0.25) is 5.91 Å². The second-order valence-electron chi connectivity index (χ2n) is 6.68. The third-order valence-electron chi connectivity index (χ3n) is 4.13. The summed E-state index contributed by atoms with van der Waals surface area (Å²) in [4.78, 5) is 35.9. The lowest BCUT2D eigenvalue weighted by molar-refractivity contribution is -0.130. The van der Waals surface area contributed by atoms with Crippen LogP contribution in [0.1, 0.15) is 23.6 Å². The minimum Gasteiger partial charge on any atom is -0.376 e. The van der Waals surface area contributed by atoms with Crippen molar-refractivity contribution < 1.29 is 14.4 Å². The number of hydrogen-bond acceptors (Lipinski definition) is 4. The van der Waals surface area contributed by atoms with Crippen molar-refractivity contribution in [2.75, 3.05) is 11.9 Å². The third kappa shape index (κ3) is 7.50. The van der Waals surface area contributed by atoms with Crippen LogP contribution in [0.15, 0.2) is 54.6 Å². The summed E-state index contributed by atoms with van der Waals surface area (Å²) in [5.74, 6) is -1.33. The molecule has 1 atom stereocenters. The zero-order valence-corrected chi connectivity index (χ0v) is 16.8. The number of carbonyl (C=O) groups is 3. The molecule has 0 bridgehead atoms. The van der Waals surface area contributed by atoms with E-state index >= 15 is 0 Å². The van der Waals surface area contributed by atoms with Crippen molar-refractivity contribution in [1.82, 2.24) is 16.2 Å². The molecule has 1 unspecified atom stereocenters. The van der Waals surface area contributed by atoms with Crippen molar-refractivity contribution >= 4 is 29.5 Å². The van der Waals surface area contributed by atoms with E-state index in [1.165, 1.54) is 13.0 Å². The van der Waals surface area contributed by atoms with Crippen LogP contribution in [-0.2, 0) is 14.4 Å². The van der Waals surface area contributed by atoms with Gasteiger partial charge in [-0.25, -0.2) is 0 Å². The molecule has 29 heavy (non-hydrogen) atoms. The Hall–Kier alpha value is -3.61. The monoisotopic (exact) mass is 394 g/mol. The summed E-state index contributed by atoms with van der Waals surface area (Å²) in [6.45, 7) is 5.48. The van der Waals surface area contributed by atoms with Crippen LogP contribution in [0, 0.1) is 13.8 Å². The first-order valence-corrected chi connectivity index (χ1v) is 9.28. The van der Waals surface area contributed by atoms with Crippen LogP contribution in [0.3, 0.4) is 0 Å². The molecule has 2 aromatic carbocycles. The number of amides is 3. The predicted molar refractivity (Wildman–Crippen MR) is 114 cm³/mol. The van der Waals surface area contributed by atoms with Crippen molar-refractivity contribution in [2.24, 2.45) is 0 Å². The number of anilines is 1. The van der Waals surface area contributed by atoms with Gasteiger partial charge in [-0.1, -0.05) is 48.0 Å². The summed E-state index contributed by atoms with van der Waals surface area (Å²) in [5, 5.41) is 5.55. The fourth-order valence-electron chi connectivity index (χ4n) is 2.53. The maximum atomic E-state index is 12.0. The van der Waals surface area contributed by atoms with E-state index in [9.17, 15) is 14.4 Å². The van der Waals surface area contributed by atoms with Gasteiger partial charge >= 0.3 is 0 Å². The molecule has 0 heterocycles. The molecule has 2 aromatic rings. The first-order chi connectivity index (χ1) is 13.8. The minimum absolute atomic E-state index is 0.00470. The highest BCUT2D eigenvalue weighted by Crippen LogP contribution is 2.15. The van der Waals surface area contributed by atoms with Gasteiger partial charge < -0.3 is 10.6 Å². The number of nitrogens with one attached hydrogen (secondary N) is 4. The van der Waals surface area contributed by atoms with Gasteiger partial charge in [0.25, 0.3) is 11.8 Å². The topological polar surface area (TPSA) is 99.3 Å². The molecule has 7 nitrogen and oxygen atoms in total. The summed E-state index contributed by atoms with van der Waals surface area (Å²) in [6, 6.07) is 14.4. The summed E-state index contributed by atoms with van der Waals surface area (Å²) in [6.07, 6.45) is 3.01. The molecular formula is C22H26N4O3. The molecule has 0 fully saturated rings. The molecule has 2 rings (SSSR count). The molecule has 0 aliphatic heterocycles. The number of benzene rings is 2. The van der Waals surface area contributed by atoms with Crippen LogP contribution >= 0.6 is 0 Å². The Bertz CT molecular complexity index is 894. The molecule has 0 aliphatic carbocycles. The van der Waals surface area contributed by atoms with Crippen LogP contribution < -0.4 is 21.5 Å². The van der Waals surface area contributed by atoms with Crippen LogP contribution in [0.2, 0.25) is 0 Å². The zero-order chi connectivity index (χ0) is 21.2. The largest absolute Gasteiger partial charge is 0.376 e. The Kier molecular flexibility index (Phi) is 7.97. The van der Waals surface area contributed by atoms with Gasteiger partial charge in [0.05, 0.1) is 6.54 Å². The molecule has 0 radical (unpaired) electrons. The molecule has 0 aliphatic rings. The summed E-state index contributed by atoms with van der Waals surface area (Å²) < 4.78 is 0. The van der Waals surface area contributed by atoms with E-state index in [0.717, 1.165) is 22.4 Å². The molecule has 7 heteroatoms. The van der Waals surface area contributed by atoms with E-state index in [0.29, 0.717) is 0 Å². The highest BCUT2D eigenvalue weighted by atomic mass is 16.2. The van der Waals surface area contributed by atoms with Crippen molar-refractivity contribution in [1.29, 1.82) is 0 Å². The fourth-order valence-corrected chi connectivity index (χ4v) is 2.53. The first kappa shape index (κ1) is 21.7. The van der Waals surface area contributed by atoms with E-state index in [4.69, 9.17) is 0 Å². The molecule has 0 aromatic heterocycles. The van der Waals surface area contributed by atoms with Crippen LogP contribution in [0.4, 0.5) is 5.69 Å². The van der Waals surface area contributed by atoms with E-state index in [1.54, 1.807) is 6.08 Å². The predicted octanol–water partition coefficient (Wildman–Crippen LogP) is 2.08. The fraction of sp³-hybridized carbons (Fsp3) is 0.227. The average Bonchev–Trinajstić information content (AvgIpc) is 2.70. The van der Waals surface area contributed by atoms with E-state index < -0.39 is 23.8 Å². The van der Waals surface area contributed by atoms with Gasteiger partial charge in [0.15, 0.2) is 0 Å². The van der Waals surface area contributed by atoms with Gasteiger partial charge in [0.1, 0.15) is 6.04 Å². The van der Waals surface area contributed by atoms with Gasteiger partial charge in [-0.05, 0) is 44.0 Å². The van der Waals surface area contributed by atoms with Crippen LogP contribution in [-0.4, -0.2) is 30.3 Å². The summed E-state index contributed by atoms with van der Waals surface area (Å²) >= 11 is 0. The number of aryl methyl sites for hydroxylation is 2. The maximum Gasteiger partial charge on any atom is 0.260 e. The number of hydrazine groups is 1. The molecule has 152 valence electrons. The lowest BCUT2D eigenvalue weighted by atomic mass is 10.1. The smallest absolute Gasteiger partial charge is 0.260 e. The van der Waals surface area contributed by atoms with Gasteiger partial charge in [0, 0.05) is 11.8 Å². The maximum absolute atomic E-state index is 12.0. The van der Waals surface area contributed by atoms with E-state index in [-0.39, 0.29) is 6.54 Å².